The van der Waals surface area contributed by atoms with E-state index in [0.717, 1.165) is 33.7 Å². The summed E-state index contributed by atoms with van der Waals surface area (Å²) in [6, 6.07) is 8.16. The average Bonchev–Trinajstić information content (AvgIpc) is 2.98. The Morgan fingerprint density at radius 2 is 2.04 bits per heavy atom. The molecule has 0 saturated heterocycles. The van der Waals surface area contributed by atoms with Crippen molar-refractivity contribution in [1.82, 2.24) is 19.7 Å². The molecule has 0 aliphatic heterocycles. The lowest BCUT2D eigenvalue weighted by atomic mass is 10.0. The fourth-order valence-corrected chi connectivity index (χ4v) is 3.34. The molecule has 0 atom stereocenters. The zero-order chi connectivity index (χ0) is 17.1. The second-order valence-corrected chi connectivity index (χ2v) is 6.63. The number of nitrogens with one attached hydrogen (secondary N) is 1. The summed E-state index contributed by atoms with van der Waals surface area (Å²) in [6.07, 6.45) is 4.47. The molecule has 7 heteroatoms. The molecule has 0 fully saturated rings. The zero-order valence-electron chi connectivity index (χ0n) is 13.7. The maximum Gasteiger partial charge on any atom is 0.235 e. The normalized spacial score (nSPS) is 10.8. The Kier molecular flexibility index (Phi) is 5.06. The molecule has 5 nitrogen and oxygen atoms in total. The lowest BCUT2D eigenvalue weighted by Gasteiger charge is -2.13. The van der Waals surface area contributed by atoms with Gasteiger partial charge in [0.2, 0.25) is 5.95 Å². The summed E-state index contributed by atoms with van der Waals surface area (Å²) in [6.45, 7) is 4.13. The largest absolute Gasteiger partial charge is 0.294 e. The van der Waals surface area contributed by atoms with E-state index in [1.807, 2.05) is 25.4 Å². The summed E-state index contributed by atoms with van der Waals surface area (Å²) in [7, 11) is 1.88. The van der Waals surface area contributed by atoms with E-state index in [2.05, 4.69) is 40.8 Å². The molecule has 2 aromatic heterocycles. The summed E-state index contributed by atoms with van der Waals surface area (Å²) in [5.41, 5.74) is 4.08. The maximum atomic E-state index is 6.41. The van der Waals surface area contributed by atoms with Crippen LogP contribution in [0.2, 0.25) is 5.15 Å². The van der Waals surface area contributed by atoms with E-state index in [1.54, 1.807) is 10.9 Å². The molecule has 3 aromatic rings. The number of benzene rings is 1. The molecule has 0 aliphatic carbocycles. The molecule has 0 aliphatic rings. The molecule has 0 saturated carbocycles. The standard InChI is InChI=1S/C17H18ClN5S/c1-4-13-15(14-8-6-5-7-11(14)2)20-17(21-16(13)18)22-24-12-9-19-23(3)10-12/h5-10H,4H2,1-3H3,(H,20,21,22). The molecule has 3 rings (SSSR count). The quantitative estimate of drug-likeness (QED) is 0.536. The van der Waals surface area contributed by atoms with Gasteiger partial charge >= 0.3 is 0 Å². The van der Waals surface area contributed by atoms with Gasteiger partial charge in [-0.3, -0.25) is 9.40 Å². The molecular formula is C17H18ClN5S. The monoisotopic (exact) mass is 359 g/mol. The SMILES string of the molecule is CCc1c(Cl)nc(NSc2cnn(C)c2)nc1-c1ccccc1C. The molecule has 0 amide bonds. The third-order valence-electron chi connectivity index (χ3n) is 3.65. The molecule has 0 unspecified atom stereocenters. The highest BCUT2D eigenvalue weighted by atomic mass is 35.5. The van der Waals surface area contributed by atoms with Gasteiger partial charge in [-0.25, -0.2) is 9.97 Å². The van der Waals surface area contributed by atoms with Crippen molar-refractivity contribution in [3.63, 3.8) is 0 Å². The number of nitrogens with zero attached hydrogens (tertiary/aromatic N) is 4. The van der Waals surface area contributed by atoms with E-state index < -0.39 is 0 Å². The van der Waals surface area contributed by atoms with Gasteiger partial charge < -0.3 is 0 Å². The second-order valence-electron chi connectivity index (χ2n) is 5.39. The van der Waals surface area contributed by atoms with Gasteiger partial charge in [0.25, 0.3) is 0 Å². The minimum absolute atomic E-state index is 0.486. The van der Waals surface area contributed by atoms with E-state index >= 15 is 0 Å². The van der Waals surface area contributed by atoms with Crippen molar-refractivity contribution in [3.8, 4) is 11.3 Å². The van der Waals surface area contributed by atoms with Crippen molar-refractivity contribution in [2.24, 2.45) is 7.05 Å². The van der Waals surface area contributed by atoms with Crippen molar-refractivity contribution >= 4 is 29.5 Å². The minimum Gasteiger partial charge on any atom is -0.294 e. The number of hydrogen-bond donors (Lipinski definition) is 1. The van der Waals surface area contributed by atoms with Gasteiger partial charge in [-0.05, 0) is 30.9 Å². The smallest absolute Gasteiger partial charge is 0.235 e. The second kappa shape index (κ2) is 7.23. The fraction of sp³-hybridized carbons (Fsp3) is 0.235. The van der Waals surface area contributed by atoms with Gasteiger partial charge in [0.1, 0.15) is 5.15 Å². The molecule has 0 radical (unpaired) electrons. The first-order valence-electron chi connectivity index (χ1n) is 7.62. The minimum atomic E-state index is 0.486. The molecule has 1 N–H and O–H groups in total. The Bertz CT molecular complexity index is 862. The number of hydrogen-bond acceptors (Lipinski definition) is 5. The van der Waals surface area contributed by atoms with Crippen LogP contribution in [0.5, 0.6) is 0 Å². The third-order valence-corrected chi connectivity index (χ3v) is 4.70. The van der Waals surface area contributed by atoms with Crippen molar-refractivity contribution in [2.45, 2.75) is 25.2 Å². The van der Waals surface area contributed by atoms with E-state index in [1.165, 1.54) is 11.9 Å². The summed E-state index contributed by atoms with van der Waals surface area (Å²) in [5.74, 6) is 0.490. The van der Waals surface area contributed by atoms with Crippen LogP contribution in [0.1, 0.15) is 18.1 Å². The lowest BCUT2D eigenvalue weighted by molar-refractivity contribution is 0.766. The Hall–Kier alpha value is -2.05. The highest BCUT2D eigenvalue weighted by molar-refractivity contribution is 8.00. The molecule has 1 aromatic carbocycles. The van der Waals surface area contributed by atoms with E-state index in [0.29, 0.717) is 11.1 Å². The number of anilines is 1. The van der Waals surface area contributed by atoms with Crippen molar-refractivity contribution in [2.75, 3.05) is 4.72 Å². The summed E-state index contributed by atoms with van der Waals surface area (Å²) >= 11 is 7.81. The van der Waals surface area contributed by atoms with Gasteiger partial charge in [0.05, 0.1) is 16.8 Å². The Labute approximate surface area is 150 Å². The zero-order valence-corrected chi connectivity index (χ0v) is 15.3. The highest BCUT2D eigenvalue weighted by Gasteiger charge is 2.15. The van der Waals surface area contributed by atoms with Gasteiger partial charge in [-0.2, -0.15) is 5.10 Å². The number of aryl methyl sites for hydroxylation is 2. The lowest BCUT2D eigenvalue weighted by Crippen LogP contribution is -2.02. The number of aromatic nitrogens is 4. The van der Waals surface area contributed by atoms with Gasteiger partial charge in [0.15, 0.2) is 0 Å². The van der Waals surface area contributed by atoms with Crippen LogP contribution >= 0.6 is 23.5 Å². The molecule has 0 bridgehead atoms. The Morgan fingerprint density at radius 1 is 1.25 bits per heavy atom. The van der Waals surface area contributed by atoms with Crippen LogP contribution in [0.25, 0.3) is 11.3 Å². The Morgan fingerprint density at radius 3 is 2.71 bits per heavy atom. The maximum absolute atomic E-state index is 6.41. The van der Waals surface area contributed by atoms with Gasteiger partial charge in [-0.15, -0.1) is 0 Å². The molecular weight excluding hydrogens is 342 g/mol. The molecule has 0 spiro atoms. The van der Waals surface area contributed by atoms with Crippen LogP contribution in [0, 0.1) is 6.92 Å². The Balaban J connectivity index is 1.96. The van der Waals surface area contributed by atoms with E-state index in [-0.39, 0.29) is 0 Å². The summed E-state index contributed by atoms with van der Waals surface area (Å²) in [4.78, 5) is 10.1. The average molecular weight is 360 g/mol. The van der Waals surface area contributed by atoms with Crippen LogP contribution in [-0.2, 0) is 13.5 Å². The predicted molar refractivity (Wildman–Crippen MR) is 99.3 cm³/mol. The highest BCUT2D eigenvalue weighted by Crippen LogP contribution is 2.31. The van der Waals surface area contributed by atoms with E-state index in [4.69, 9.17) is 16.6 Å². The summed E-state index contributed by atoms with van der Waals surface area (Å²) in [5, 5.41) is 4.63. The van der Waals surface area contributed by atoms with Crippen LogP contribution < -0.4 is 4.72 Å². The third kappa shape index (κ3) is 3.55. The number of halogens is 1. The van der Waals surface area contributed by atoms with Crippen molar-refractivity contribution in [3.05, 3.63) is 52.9 Å². The van der Waals surface area contributed by atoms with Crippen molar-refractivity contribution in [1.29, 1.82) is 0 Å². The van der Waals surface area contributed by atoms with Crippen LogP contribution in [0.4, 0.5) is 5.95 Å². The van der Waals surface area contributed by atoms with Gasteiger partial charge in [-0.1, -0.05) is 42.8 Å². The van der Waals surface area contributed by atoms with Crippen LogP contribution in [0.15, 0.2) is 41.6 Å². The first kappa shape index (κ1) is 16.8. The fourth-order valence-electron chi connectivity index (χ4n) is 2.43. The molecule has 124 valence electrons. The predicted octanol–water partition coefficient (Wildman–Crippen LogP) is 4.52. The first-order chi connectivity index (χ1) is 11.6. The molecule has 2 heterocycles. The summed E-state index contributed by atoms with van der Waals surface area (Å²) < 4.78 is 4.90. The van der Waals surface area contributed by atoms with Crippen molar-refractivity contribution < 1.29 is 0 Å². The van der Waals surface area contributed by atoms with Gasteiger partial charge in [0, 0.05) is 24.4 Å². The number of rotatable bonds is 5. The van der Waals surface area contributed by atoms with Crippen LogP contribution in [0.3, 0.4) is 0 Å². The first-order valence-corrected chi connectivity index (χ1v) is 8.82. The molecule has 24 heavy (non-hydrogen) atoms. The van der Waals surface area contributed by atoms with E-state index in [9.17, 15) is 0 Å². The topological polar surface area (TPSA) is 55.6 Å². The van der Waals surface area contributed by atoms with Crippen LogP contribution in [-0.4, -0.2) is 19.7 Å².